The third-order valence-corrected chi connectivity index (χ3v) is 3.01. The summed E-state index contributed by atoms with van der Waals surface area (Å²) in [6.45, 7) is 1.82. The number of nitrogens with one attached hydrogen (secondary N) is 1. The van der Waals surface area contributed by atoms with Crippen molar-refractivity contribution in [1.82, 2.24) is 5.43 Å². The summed E-state index contributed by atoms with van der Waals surface area (Å²) in [6, 6.07) is 14.1. The van der Waals surface area contributed by atoms with Gasteiger partial charge >= 0.3 is 0 Å². The molecule has 0 heterocycles. The Kier molecular flexibility index (Phi) is 4.56. The number of carbonyl (C=O) groups excluding carboxylic acids is 1. The fourth-order valence-corrected chi connectivity index (χ4v) is 1.73. The molecular formula is C16H17N3O2. The second-order valence-electron chi connectivity index (χ2n) is 4.49. The van der Waals surface area contributed by atoms with Gasteiger partial charge in [-0.3, -0.25) is 4.79 Å². The van der Waals surface area contributed by atoms with Crippen molar-refractivity contribution < 1.29 is 9.53 Å². The van der Waals surface area contributed by atoms with E-state index in [1.54, 1.807) is 43.5 Å². The average Bonchev–Trinajstić information content (AvgIpc) is 2.53. The summed E-state index contributed by atoms with van der Waals surface area (Å²) >= 11 is 0. The fraction of sp³-hybridized carbons (Fsp3) is 0.125. The number of hydrogen-bond donors (Lipinski definition) is 2. The maximum absolute atomic E-state index is 12.0. The van der Waals surface area contributed by atoms with Crippen LogP contribution in [0.4, 0.5) is 5.69 Å². The van der Waals surface area contributed by atoms with Gasteiger partial charge < -0.3 is 10.5 Å². The van der Waals surface area contributed by atoms with Crippen LogP contribution in [0.15, 0.2) is 53.6 Å². The molecule has 2 rings (SSSR count). The number of methoxy groups -OCH3 is 1. The molecule has 0 aliphatic heterocycles. The Morgan fingerprint density at radius 1 is 1.05 bits per heavy atom. The molecule has 5 heteroatoms. The van der Waals surface area contributed by atoms with E-state index in [0.29, 0.717) is 22.7 Å². The van der Waals surface area contributed by atoms with Crippen LogP contribution < -0.4 is 15.9 Å². The van der Waals surface area contributed by atoms with E-state index in [9.17, 15) is 4.79 Å². The van der Waals surface area contributed by atoms with Crippen LogP contribution in [0.3, 0.4) is 0 Å². The third-order valence-electron chi connectivity index (χ3n) is 3.01. The Hall–Kier alpha value is -2.82. The average molecular weight is 283 g/mol. The summed E-state index contributed by atoms with van der Waals surface area (Å²) in [5.41, 5.74) is 11.0. The molecule has 0 fully saturated rings. The van der Waals surface area contributed by atoms with E-state index < -0.39 is 0 Å². The molecule has 0 atom stereocenters. The first-order chi connectivity index (χ1) is 10.1. The number of hydrazone groups is 1. The van der Waals surface area contributed by atoms with E-state index >= 15 is 0 Å². The lowest BCUT2D eigenvalue weighted by Gasteiger charge is -2.04. The summed E-state index contributed by atoms with van der Waals surface area (Å²) in [5, 5.41) is 4.09. The van der Waals surface area contributed by atoms with Crippen LogP contribution in [-0.4, -0.2) is 18.7 Å². The van der Waals surface area contributed by atoms with Crippen LogP contribution in [0.25, 0.3) is 0 Å². The predicted octanol–water partition coefficient (Wildman–Crippen LogP) is 2.43. The first-order valence-corrected chi connectivity index (χ1v) is 6.45. The van der Waals surface area contributed by atoms with E-state index in [1.165, 1.54) is 0 Å². The molecule has 0 radical (unpaired) electrons. The maximum atomic E-state index is 12.0. The molecule has 3 N–H and O–H groups in total. The number of nitrogens with two attached hydrogens (primary N) is 1. The lowest BCUT2D eigenvalue weighted by molar-refractivity contribution is 0.0955. The van der Waals surface area contributed by atoms with Crippen molar-refractivity contribution in [2.45, 2.75) is 6.92 Å². The largest absolute Gasteiger partial charge is 0.497 e. The summed E-state index contributed by atoms with van der Waals surface area (Å²) < 4.78 is 5.05. The van der Waals surface area contributed by atoms with Crippen LogP contribution in [0.5, 0.6) is 5.75 Å². The van der Waals surface area contributed by atoms with Crippen molar-refractivity contribution in [2.24, 2.45) is 5.10 Å². The van der Waals surface area contributed by atoms with Gasteiger partial charge in [-0.15, -0.1) is 0 Å². The van der Waals surface area contributed by atoms with Gasteiger partial charge in [0.2, 0.25) is 0 Å². The molecule has 0 unspecified atom stereocenters. The van der Waals surface area contributed by atoms with Gasteiger partial charge in [0.15, 0.2) is 0 Å². The molecule has 21 heavy (non-hydrogen) atoms. The Bertz CT molecular complexity index is 646. The molecule has 2 aromatic carbocycles. The minimum atomic E-state index is -0.271. The van der Waals surface area contributed by atoms with Crippen molar-refractivity contribution in [3.8, 4) is 5.75 Å². The van der Waals surface area contributed by atoms with E-state index in [0.717, 1.165) is 5.56 Å². The van der Waals surface area contributed by atoms with Gasteiger partial charge in [-0.2, -0.15) is 5.10 Å². The molecule has 0 spiro atoms. The lowest BCUT2D eigenvalue weighted by atomic mass is 10.1. The van der Waals surface area contributed by atoms with Crippen molar-refractivity contribution in [3.05, 3.63) is 59.7 Å². The van der Waals surface area contributed by atoms with E-state index in [2.05, 4.69) is 10.5 Å². The zero-order chi connectivity index (χ0) is 15.2. The number of nitrogen functional groups attached to an aromatic ring is 1. The Labute approximate surface area is 123 Å². The monoisotopic (exact) mass is 283 g/mol. The fourth-order valence-electron chi connectivity index (χ4n) is 1.73. The molecule has 2 aromatic rings. The zero-order valence-corrected chi connectivity index (χ0v) is 12.0. The number of nitrogens with zero attached hydrogens (tertiary/aromatic N) is 1. The van der Waals surface area contributed by atoms with Crippen molar-refractivity contribution in [1.29, 1.82) is 0 Å². The van der Waals surface area contributed by atoms with Crippen LogP contribution in [0, 0.1) is 0 Å². The molecule has 108 valence electrons. The standard InChI is InChI=1S/C16H17N3O2/c1-11(12-3-7-14(17)8-4-12)18-19-16(20)13-5-9-15(21-2)10-6-13/h3-10H,17H2,1-2H3,(H,19,20)/b18-11-. The third kappa shape index (κ3) is 3.82. The Balaban J connectivity index is 2.04. The van der Waals surface area contributed by atoms with Gasteiger partial charge in [-0.25, -0.2) is 5.43 Å². The number of benzene rings is 2. The van der Waals surface area contributed by atoms with Crippen LogP contribution >= 0.6 is 0 Å². The number of anilines is 1. The van der Waals surface area contributed by atoms with E-state index in [-0.39, 0.29) is 5.91 Å². The predicted molar refractivity (Wildman–Crippen MR) is 83.5 cm³/mol. The number of rotatable bonds is 4. The quantitative estimate of drug-likeness (QED) is 0.514. The number of ether oxygens (including phenoxy) is 1. The summed E-state index contributed by atoms with van der Waals surface area (Å²) in [6.07, 6.45) is 0. The van der Waals surface area contributed by atoms with Crippen molar-refractivity contribution in [2.75, 3.05) is 12.8 Å². The minimum Gasteiger partial charge on any atom is -0.497 e. The zero-order valence-electron chi connectivity index (χ0n) is 12.0. The number of amides is 1. The van der Waals surface area contributed by atoms with Crippen molar-refractivity contribution in [3.63, 3.8) is 0 Å². The number of hydrogen-bond acceptors (Lipinski definition) is 4. The molecule has 0 saturated heterocycles. The van der Waals surface area contributed by atoms with Crippen LogP contribution in [0.1, 0.15) is 22.8 Å². The Morgan fingerprint density at radius 2 is 1.62 bits per heavy atom. The van der Waals surface area contributed by atoms with Gasteiger partial charge in [0.05, 0.1) is 12.8 Å². The Morgan fingerprint density at radius 3 is 2.19 bits per heavy atom. The first kappa shape index (κ1) is 14.6. The molecule has 0 saturated carbocycles. The van der Waals surface area contributed by atoms with Gasteiger partial charge in [0.25, 0.3) is 5.91 Å². The molecule has 0 aliphatic carbocycles. The summed E-state index contributed by atoms with van der Waals surface area (Å²) in [4.78, 5) is 12.0. The van der Waals surface area contributed by atoms with E-state index in [1.807, 2.05) is 19.1 Å². The van der Waals surface area contributed by atoms with E-state index in [4.69, 9.17) is 10.5 Å². The van der Waals surface area contributed by atoms with Crippen LogP contribution in [0.2, 0.25) is 0 Å². The van der Waals surface area contributed by atoms with Gasteiger partial charge in [0, 0.05) is 11.3 Å². The molecule has 0 bridgehead atoms. The first-order valence-electron chi connectivity index (χ1n) is 6.45. The highest BCUT2D eigenvalue weighted by atomic mass is 16.5. The summed E-state index contributed by atoms with van der Waals surface area (Å²) in [7, 11) is 1.58. The van der Waals surface area contributed by atoms with Crippen LogP contribution in [-0.2, 0) is 0 Å². The lowest BCUT2D eigenvalue weighted by Crippen LogP contribution is -2.19. The highest BCUT2D eigenvalue weighted by Crippen LogP contribution is 2.11. The topological polar surface area (TPSA) is 76.7 Å². The highest BCUT2D eigenvalue weighted by molar-refractivity contribution is 6.01. The molecular weight excluding hydrogens is 266 g/mol. The normalized spacial score (nSPS) is 11.0. The smallest absolute Gasteiger partial charge is 0.271 e. The summed E-state index contributed by atoms with van der Waals surface area (Å²) in [5.74, 6) is 0.431. The molecule has 1 amide bonds. The van der Waals surface area contributed by atoms with Crippen molar-refractivity contribution >= 4 is 17.3 Å². The van der Waals surface area contributed by atoms with Gasteiger partial charge in [-0.1, -0.05) is 12.1 Å². The number of carbonyl (C=O) groups is 1. The van der Waals surface area contributed by atoms with Gasteiger partial charge in [0.1, 0.15) is 5.75 Å². The minimum absolute atomic E-state index is 0.271. The van der Waals surface area contributed by atoms with Gasteiger partial charge in [-0.05, 0) is 48.9 Å². The second-order valence-corrected chi connectivity index (χ2v) is 4.49. The molecule has 5 nitrogen and oxygen atoms in total. The SMILES string of the molecule is COc1ccc(C(=O)N/N=C(/C)c2ccc(N)cc2)cc1. The molecule has 0 aromatic heterocycles. The second kappa shape index (κ2) is 6.56. The highest BCUT2D eigenvalue weighted by Gasteiger charge is 2.05. The maximum Gasteiger partial charge on any atom is 0.271 e. The molecule has 0 aliphatic rings.